The number of aliphatic imine (C=N–C) groups is 1. The molecule has 0 aromatic carbocycles. The third-order valence-electron chi connectivity index (χ3n) is 4.21. The Morgan fingerprint density at radius 3 is 2.65 bits per heavy atom. The summed E-state index contributed by atoms with van der Waals surface area (Å²) >= 11 is 1.92. The third kappa shape index (κ3) is 3.90. The standard InChI is InChI=1S/C14H26N2S/c1-3-14(2)10-11-17-13(16-14)15-12-8-6-4-5-7-9-12/h12H,3-11H2,1-2H3,(H,15,16). The van der Waals surface area contributed by atoms with Crippen LogP contribution < -0.4 is 5.32 Å². The Labute approximate surface area is 110 Å². The molecule has 1 aliphatic heterocycles. The molecule has 0 aromatic heterocycles. The van der Waals surface area contributed by atoms with Crippen LogP contribution in [-0.2, 0) is 0 Å². The van der Waals surface area contributed by atoms with Crippen LogP contribution in [0.3, 0.4) is 0 Å². The minimum atomic E-state index is 0.287. The van der Waals surface area contributed by atoms with Crippen molar-refractivity contribution in [2.75, 3.05) is 5.75 Å². The van der Waals surface area contributed by atoms with E-state index in [2.05, 4.69) is 19.2 Å². The van der Waals surface area contributed by atoms with E-state index in [1.54, 1.807) is 0 Å². The first-order chi connectivity index (χ1) is 8.22. The topological polar surface area (TPSA) is 24.4 Å². The van der Waals surface area contributed by atoms with Gasteiger partial charge in [-0.3, -0.25) is 4.99 Å². The highest BCUT2D eigenvalue weighted by molar-refractivity contribution is 8.13. The van der Waals surface area contributed by atoms with Gasteiger partial charge in [-0.1, -0.05) is 44.4 Å². The number of hydrogen-bond donors (Lipinski definition) is 1. The molecule has 1 unspecified atom stereocenters. The Hall–Kier alpha value is -0.180. The summed E-state index contributed by atoms with van der Waals surface area (Å²) < 4.78 is 0. The van der Waals surface area contributed by atoms with Gasteiger partial charge in [0, 0.05) is 11.3 Å². The first-order valence-corrected chi connectivity index (χ1v) is 8.19. The fraction of sp³-hybridized carbons (Fsp3) is 0.929. The Morgan fingerprint density at radius 1 is 1.29 bits per heavy atom. The van der Waals surface area contributed by atoms with E-state index in [9.17, 15) is 0 Å². The second kappa shape index (κ2) is 6.12. The van der Waals surface area contributed by atoms with E-state index in [-0.39, 0.29) is 5.54 Å². The summed E-state index contributed by atoms with van der Waals surface area (Å²) in [5, 5.41) is 4.88. The van der Waals surface area contributed by atoms with Gasteiger partial charge in [-0.2, -0.15) is 0 Å². The molecule has 3 heteroatoms. The molecule has 2 fully saturated rings. The zero-order valence-corrected chi connectivity index (χ0v) is 12.1. The molecule has 1 aliphatic carbocycles. The highest BCUT2D eigenvalue weighted by Crippen LogP contribution is 2.27. The predicted molar refractivity (Wildman–Crippen MR) is 77.8 cm³/mol. The molecule has 0 spiro atoms. The molecule has 2 rings (SSSR count). The molecule has 1 N–H and O–H groups in total. The predicted octanol–water partition coefficient (Wildman–Crippen LogP) is 3.96. The molecule has 98 valence electrons. The first kappa shape index (κ1) is 13.3. The van der Waals surface area contributed by atoms with Gasteiger partial charge in [-0.25, -0.2) is 0 Å². The van der Waals surface area contributed by atoms with Gasteiger partial charge in [0.2, 0.25) is 0 Å². The van der Waals surface area contributed by atoms with Crippen LogP contribution in [0.1, 0.15) is 65.2 Å². The number of nitrogens with zero attached hydrogens (tertiary/aromatic N) is 1. The molecule has 1 saturated carbocycles. The monoisotopic (exact) mass is 254 g/mol. The second-order valence-electron chi connectivity index (χ2n) is 5.72. The van der Waals surface area contributed by atoms with E-state index in [0.29, 0.717) is 6.04 Å². The van der Waals surface area contributed by atoms with Gasteiger partial charge in [0.05, 0.1) is 6.04 Å². The average molecular weight is 254 g/mol. The molecule has 2 aliphatic rings. The van der Waals surface area contributed by atoms with Crippen LogP contribution >= 0.6 is 11.8 Å². The van der Waals surface area contributed by atoms with Crippen molar-refractivity contribution in [1.82, 2.24) is 5.32 Å². The van der Waals surface area contributed by atoms with Crippen LogP contribution in [0.4, 0.5) is 0 Å². The molecular weight excluding hydrogens is 228 g/mol. The van der Waals surface area contributed by atoms with Crippen molar-refractivity contribution in [2.24, 2.45) is 4.99 Å². The van der Waals surface area contributed by atoms with E-state index in [0.717, 1.165) is 0 Å². The maximum atomic E-state index is 4.97. The largest absolute Gasteiger partial charge is 0.360 e. The molecule has 0 amide bonds. The maximum Gasteiger partial charge on any atom is 0.157 e. The van der Waals surface area contributed by atoms with Gasteiger partial charge in [0.1, 0.15) is 0 Å². The normalized spacial score (nSPS) is 34.4. The summed E-state index contributed by atoms with van der Waals surface area (Å²) in [6.07, 6.45) is 10.6. The zero-order chi connectivity index (χ0) is 12.1. The molecule has 17 heavy (non-hydrogen) atoms. The molecule has 2 nitrogen and oxygen atoms in total. The summed E-state index contributed by atoms with van der Waals surface area (Å²) in [4.78, 5) is 4.97. The maximum absolute atomic E-state index is 4.97. The third-order valence-corrected chi connectivity index (χ3v) is 5.10. The van der Waals surface area contributed by atoms with Crippen molar-refractivity contribution in [3.8, 4) is 0 Å². The number of amidine groups is 1. The van der Waals surface area contributed by atoms with Crippen molar-refractivity contribution in [2.45, 2.75) is 76.8 Å². The van der Waals surface area contributed by atoms with Gasteiger partial charge in [0.25, 0.3) is 0 Å². The van der Waals surface area contributed by atoms with E-state index in [1.807, 2.05) is 11.8 Å². The van der Waals surface area contributed by atoms with Crippen molar-refractivity contribution in [3.63, 3.8) is 0 Å². The van der Waals surface area contributed by atoms with Crippen LogP contribution in [0.15, 0.2) is 4.99 Å². The Bertz CT molecular complexity index is 269. The lowest BCUT2D eigenvalue weighted by Gasteiger charge is -2.35. The number of nitrogens with one attached hydrogen (secondary N) is 1. The van der Waals surface area contributed by atoms with Gasteiger partial charge in [-0.15, -0.1) is 0 Å². The highest BCUT2D eigenvalue weighted by Gasteiger charge is 2.28. The van der Waals surface area contributed by atoms with Crippen LogP contribution in [0.2, 0.25) is 0 Å². The van der Waals surface area contributed by atoms with Gasteiger partial charge < -0.3 is 5.32 Å². The van der Waals surface area contributed by atoms with Gasteiger partial charge in [-0.05, 0) is 32.6 Å². The first-order valence-electron chi connectivity index (χ1n) is 7.21. The average Bonchev–Trinajstić information content (AvgIpc) is 2.58. The minimum Gasteiger partial charge on any atom is -0.360 e. The minimum absolute atomic E-state index is 0.287. The quantitative estimate of drug-likeness (QED) is 0.754. The fourth-order valence-corrected chi connectivity index (χ4v) is 3.91. The van der Waals surface area contributed by atoms with E-state index < -0.39 is 0 Å². The van der Waals surface area contributed by atoms with Gasteiger partial charge in [0.15, 0.2) is 5.17 Å². The summed E-state index contributed by atoms with van der Waals surface area (Å²) in [6.45, 7) is 4.60. The Morgan fingerprint density at radius 2 is 2.00 bits per heavy atom. The van der Waals surface area contributed by atoms with Crippen molar-refractivity contribution in [1.29, 1.82) is 0 Å². The lowest BCUT2D eigenvalue weighted by atomic mass is 9.96. The fourth-order valence-electron chi connectivity index (χ4n) is 2.62. The summed E-state index contributed by atoms with van der Waals surface area (Å²) in [7, 11) is 0. The van der Waals surface area contributed by atoms with Crippen LogP contribution in [0, 0.1) is 0 Å². The molecule has 1 saturated heterocycles. The zero-order valence-electron chi connectivity index (χ0n) is 11.3. The molecular formula is C14H26N2S. The Kier molecular flexibility index (Phi) is 4.78. The number of hydrogen-bond acceptors (Lipinski definition) is 2. The second-order valence-corrected chi connectivity index (χ2v) is 6.80. The van der Waals surface area contributed by atoms with E-state index >= 15 is 0 Å². The lowest BCUT2D eigenvalue weighted by Crippen LogP contribution is -2.48. The van der Waals surface area contributed by atoms with Crippen molar-refractivity contribution in [3.05, 3.63) is 0 Å². The van der Waals surface area contributed by atoms with E-state index in [4.69, 9.17) is 4.99 Å². The van der Waals surface area contributed by atoms with Gasteiger partial charge >= 0.3 is 0 Å². The van der Waals surface area contributed by atoms with Crippen LogP contribution in [-0.4, -0.2) is 22.5 Å². The number of rotatable bonds is 2. The molecule has 0 aromatic rings. The van der Waals surface area contributed by atoms with Crippen LogP contribution in [0.25, 0.3) is 0 Å². The highest BCUT2D eigenvalue weighted by atomic mass is 32.2. The summed E-state index contributed by atoms with van der Waals surface area (Å²) in [5.74, 6) is 1.23. The molecule has 0 radical (unpaired) electrons. The molecule has 0 bridgehead atoms. The lowest BCUT2D eigenvalue weighted by molar-refractivity contribution is 0.388. The van der Waals surface area contributed by atoms with Crippen molar-refractivity contribution >= 4 is 16.9 Å². The molecule has 1 heterocycles. The SMILES string of the molecule is CCC1(C)CCSC(=NC2CCCCCC2)N1. The summed E-state index contributed by atoms with van der Waals surface area (Å²) in [5.41, 5.74) is 0.287. The number of thioether (sulfide) groups is 1. The smallest absolute Gasteiger partial charge is 0.157 e. The van der Waals surface area contributed by atoms with Crippen molar-refractivity contribution < 1.29 is 0 Å². The summed E-state index contributed by atoms with van der Waals surface area (Å²) in [6, 6.07) is 0.590. The van der Waals surface area contributed by atoms with Crippen LogP contribution in [0.5, 0.6) is 0 Å². The molecule has 1 atom stereocenters. The van der Waals surface area contributed by atoms with E-state index in [1.165, 1.54) is 62.3 Å². The Balaban J connectivity index is 1.95.